The quantitative estimate of drug-likeness (QED) is 0.714. The van der Waals surface area contributed by atoms with E-state index in [0.717, 1.165) is 16.2 Å². The van der Waals surface area contributed by atoms with Crippen LogP contribution in [0.25, 0.3) is 0 Å². The molecule has 0 aliphatic carbocycles. The second kappa shape index (κ2) is 5.05. The molecule has 3 heteroatoms. The van der Waals surface area contributed by atoms with E-state index < -0.39 is 0 Å². The summed E-state index contributed by atoms with van der Waals surface area (Å²) in [6, 6.07) is 5.84. The van der Waals surface area contributed by atoms with Gasteiger partial charge in [-0.1, -0.05) is 6.07 Å². The van der Waals surface area contributed by atoms with Crippen LogP contribution in [0.5, 0.6) is 5.75 Å². The molecule has 0 heterocycles. The first kappa shape index (κ1) is 11.1. The van der Waals surface area contributed by atoms with Crippen molar-refractivity contribution in [3.63, 3.8) is 0 Å². The Morgan fingerprint density at radius 3 is 2.71 bits per heavy atom. The highest BCUT2D eigenvalue weighted by Crippen LogP contribution is 2.28. The van der Waals surface area contributed by atoms with Gasteiger partial charge in [0.15, 0.2) is 0 Å². The lowest BCUT2D eigenvalue weighted by molar-refractivity contribution is -0.116. The molecular formula is C11H14O2S. The predicted molar refractivity (Wildman–Crippen MR) is 59.2 cm³/mol. The minimum atomic E-state index is 0.183. The minimum absolute atomic E-state index is 0.183. The fourth-order valence-electron chi connectivity index (χ4n) is 1.28. The maximum Gasteiger partial charge on any atom is 0.134 e. The summed E-state index contributed by atoms with van der Waals surface area (Å²) >= 11 is 1.62. The van der Waals surface area contributed by atoms with Gasteiger partial charge < -0.3 is 4.74 Å². The van der Waals surface area contributed by atoms with Crippen molar-refractivity contribution in [2.45, 2.75) is 18.2 Å². The van der Waals surface area contributed by atoms with Crippen molar-refractivity contribution in [3.8, 4) is 5.75 Å². The fourth-order valence-corrected chi connectivity index (χ4v) is 1.90. The molecule has 0 aromatic heterocycles. The number of ether oxygens (including phenoxy) is 1. The summed E-state index contributed by atoms with van der Waals surface area (Å²) in [7, 11) is 1.65. The Balaban J connectivity index is 2.95. The van der Waals surface area contributed by atoms with Crippen molar-refractivity contribution in [3.05, 3.63) is 23.8 Å². The zero-order chi connectivity index (χ0) is 10.6. The molecule has 0 bridgehead atoms. The number of hydrogen-bond acceptors (Lipinski definition) is 3. The van der Waals surface area contributed by atoms with Crippen LogP contribution >= 0.6 is 11.8 Å². The summed E-state index contributed by atoms with van der Waals surface area (Å²) in [4.78, 5) is 12.0. The number of carbonyl (C=O) groups excluding carboxylic acids is 1. The van der Waals surface area contributed by atoms with Gasteiger partial charge in [0.1, 0.15) is 11.5 Å². The van der Waals surface area contributed by atoms with Crippen molar-refractivity contribution in [2.24, 2.45) is 0 Å². The molecule has 0 aliphatic heterocycles. The Morgan fingerprint density at radius 1 is 1.50 bits per heavy atom. The standard InChI is InChI=1S/C11H14O2S/c1-8(12)6-9-4-5-10(13-2)11(7-9)14-3/h4-5,7H,6H2,1-3H3. The molecule has 0 unspecified atom stereocenters. The first-order chi connectivity index (χ1) is 6.67. The molecule has 0 amide bonds. The number of rotatable bonds is 4. The average molecular weight is 210 g/mol. The van der Waals surface area contributed by atoms with Crippen LogP contribution in [0.15, 0.2) is 23.1 Å². The van der Waals surface area contributed by atoms with E-state index in [1.165, 1.54) is 0 Å². The molecule has 1 rings (SSSR count). The van der Waals surface area contributed by atoms with Crippen molar-refractivity contribution in [2.75, 3.05) is 13.4 Å². The lowest BCUT2D eigenvalue weighted by Crippen LogP contribution is -1.97. The Kier molecular flexibility index (Phi) is 4.01. The smallest absolute Gasteiger partial charge is 0.134 e. The highest BCUT2D eigenvalue weighted by molar-refractivity contribution is 7.98. The van der Waals surface area contributed by atoms with Gasteiger partial charge >= 0.3 is 0 Å². The van der Waals surface area contributed by atoms with Gasteiger partial charge in [-0.2, -0.15) is 0 Å². The second-order valence-corrected chi connectivity index (χ2v) is 3.92. The molecule has 76 valence electrons. The van der Waals surface area contributed by atoms with Gasteiger partial charge in [-0.25, -0.2) is 0 Å². The maximum atomic E-state index is 10.9. The number of benzene rings is 1. The largest absolute Gasteiger partial charge is 0.496 e. The van der Waals surface area contributed by atoms with Crippen LogP contribution in [0.1, 0.15) is 12.5 Å². The van der Waals surface area contributed by atoms with E-state index in [2.05, 4.69) is 0 Å². The molecule has 1 aromatic carbocycles. The Labute approximate surface area is 88.7 Å². The Morgan fingerprint density at radius 2 is 2.21 bits per heavy atom. The number of ketones is 1. The van der Waals surface area contributed by atoms with E-state index >= 15 is 0 Å². The molecule has 0 atom stereocenters. The summed E-state index contributed by atoms with van der Waals surface area (Å²) in [6.45, 7) is 1.60. The van der Waals surface area contributed by atoms with E-state index in [0.29, 0.717) is 6.42 Å². The Bertz CT molecular complexity index is 334. The van der Waals surface area contributed by atoms with E-state index in [-0.39, 0.29) is 5.78 Å². The van der Waals surface area contributed by atoms with Gasteiger partial charge in [-0.3, -0.25) is 4.79 Å². The molecule has 0 aliphatic rings. The van der Waals surface area contributed by atoms with E-state index in [1.807, 2.05) is 24.5 Å². The van der Waals surface area contributed by atoms with Crippen LogP contribution in [-0.4, -0.2) is 19.1 Å². The SMILES string of the molecule is COc1ccc(CC(C)=O)cc1SC. The third-order valence-corrected chi connectivity index (χ3v) is 2.66. The van der Waals surface area contributed by atoms with Crippen LogP contribution in [-0.2, 0) is 11.2 Å². The van der Waals surface area contributed by atoms with Gasteiger partial charge in [-0.15, -0.1) is 11.8 Å². The fraction of sp³-hybridized carbons (Fsp3) is 0.364. The Hall–Kier alpha value is -0.960. The summed E-state index contributed by atoms with van der Waals surface area (Å²) in [5.74, 6) is 1.05. The molecule has 0 radical (unpaired) electrons. The molecule has 0 N–H and O–H groups in total. The lowest BCUT2D eigenvalue weighted by Gasteiger charge is -2.07. The number of methoxy groups -OCH3 is 1. The zero-order valence-electron chi connectivity index (χ0n) is 8.66. The van der Waals surface area contributed by atoms with Crippen molar-refractivity contribution in [1.29, 1.82) is 0 Å². The minimum Gasteiger partial charge on any atom is -0.496 e. The van der Waals surface area contributed by atoms with E-state index in [4.69, 9.17) is 4.74 Å². The summed E-state index contributed by atoms with van der Waals surface area (Å²) in [6.07, 6.45) is 2.49. The monoisotopic (exact) mass is 210 g/mol. The normalized spacial score (nSPS) is 9.93. The number of Topliss-reactive ketones (excluding diaryl/α,β-unsaturated/α-hetero) is 1. The zero-order valence-corrected chi connectivity index (χ0v) is 9.48. The number of carbonyl (C=O) groups is 1. The molecule has 2 nitrogen and oxygen atoms in total. The van der Waals surface area contributed by atoms with Gasteiger partial charge in [-0.05, 0) is 30.9 Å². The highest BCUT2D eigenvalue weighted by Gasteiger charge is 2.04. The highest BCUT2D eigenvalue weighted by atomic mass is 32.2. The second-order valence-electron chi connectivity index (χ2n) is 3.07. The van der Waals surface area contributed by atoms with Crippen molar-refractivity contribution in [1.82, 2.24) is 0 Å². The molecule has 1 aromatic rings. The first-order valence-electron chi connectivity index (χ1n) is 4.37. The first-order valence-corrected chi connectivity index (χ1v) is 5.60. The number of thioether (sulfide) groups is 1. The van der Waals surface area contributed by atoms with E-state index in [1.54, 1.807) is 25.8 Å². The van der Waals surface area contributed by atoms with Gasteiger partial charge in [0.05, 0.1) is 7.11 Å². The van der Waals surface area contributed by atoms with Gasteiger partial charge in [0.25, 0.3) is 0 Å². The average Bonchev–Trinajstić information content (AvgIpc) is 2.16. The van der Waals surface area contributed by atoms with Gasteiger partial charge in [0.2, 0.25) is 0 Å². The van der Waals surface area contributed by atoms with Crippen LogP contribution in [0.2, 0.25) is 0 Å². The summed E-state index contributed by atoms with van der Waals surface area (Å²) < 4.78 is 5.19. The predicted octanol–water partition coefficient (Wildman–Crippen LogP) is 2.55. The van der Waals surface area contributed by atoms with E-state index in [9.17, 15) is 4.79 Å². The topological polar surface area (TPSA) is 26.3 Å². The number of hydrogen-bond donors (Lipinski definition) is 0. The maximum absolute atomic E-state index is 10.9. The summed E-state index contributed by atoms with van der Waals surface area (Å²) in [5, 5.41) is 0. The molecule has 0 saturated carbocycles. The van der Waals surface area contributed by atoms with Crippen molar-refractivity contribution >= 4 is 17.5 Å². The van der Waals surface area contributed by atoms with Crippen LogP contribution in [0.3, 0.4) is 0 Å². The summed E-state index contributed by atoms with van der Waals surface area (Å²) in [5.41, 5.74) is 1.04. The van der Waals surface area contributed by atoms with Crippen LogP contribution in [0, 0.1) is 0 Å². The molecule has 0 saturated heterocycles. The molecular weight excluding hydrogens is 196 g/mol. The molecule has 0 spiro atoms. The van der Waals surface area contributed by atoms with Gasteiger partial charge in [0, 0.05) is 11.3 Å². The lowest BCUT2D eigenvalue weighted by atomic mass is 10.1. The molecule has 14 heavy (non-hydrogen) atoms. The van der Waals surface area contributed by atoms with Crippen LogP contribution < -0.4 is 4.74 Å². The third kappa shape index (κ3) is 2.77. The third-order valence-electron chi connectivity index (χ3n) is 1.90. The van der Waals surface area contributed by atoms with Crippen molar-refractivity contribution < 1.29 is 9.53 Å². The van der Waals surface area contributed by atoms with Crippen LogP contribution in [0.4, 0.5) is 0 Å². The molecule has 0 fully saturated rings.